The average Bonchev–Trinajstić information content (AvgIpc) is 2.70. The first-order chi connectivity index (χ1) is 13.6. The van der Waals surface area contributed by atoms with Gasteiger partial charge in [0.15, 0.2) is 0 Å². The van der Waals surface area contributed by atoms with Crippen LogP contribution in [0, 0.1) is 0 Å². The summed E-state index contributed by atoms with van der Waals surface area (Å²) in [5, 5.41) is 9.21. The van der Waals surface area contributed by atoms with Crippen LogP contribution in [0.4, 0.5) is 0 Å². The number of aromatic nitrogens is 1. The van der Waals surface area contributed by atoms with Crippen molar-refractivity contribution >= 4 is 11.9 Å². The van der Waals surface area contributed by atoms with E-state index < -0.39 is 5.97 Å². The quantitative estimate of drug-likeness (QED) is 0.271. The molecule has 1 unspecified atom stereocenters. The highest BCUT2D eigenvalue weighted by Crippen LogP contribution is 2.18. The molecular formula is C23H37NO4. The fourth-order valence-corrected chi connectivity index (χ4v) is 3.29. The number of pyridine rings is 1. The molecule has 1 N–H and O–H groups in total. The van der Waals surface area contributed by atoms with Gasteiger partial charge in [-0.15, -0.1) is 0 Å². The molecule has 0 spiro atoms. The van der Waals surface area contributed by atoms with Gasteiger partial charge in [-0.25, -0.2) is 4.79 Å². The van der Waals surface area contributed by atoms with E-state index in [1.807, 2.05) is 6.92 Å². The molecule has 1 heterocycles. The Morgan fingerprint density at radius 2 is 1.57 bits per heavy atom. The summed E-state index contributed by atoms with van der Waals surface area (Å²) in [5.74, 6) is -1.47. The Hall–Kier alpha value is -1.91. The molecule has 0 amide bonds. The van der Waals surface area contributed by atoms with E-state index in [-0.39, 0.29) is 24.1 Å². The van der Waals surface area contributed by atoms with Crippen molar-refractivity contribution in [2.75, 3.05) is 6.61 Å². The smallest absolute Gasteiger partial charge is 0.337 e. The van der Waals surface area contributed by atoms with Crippen molar-refractivity contribution in [1.29, 1.82) is 0 Å². The summed E-state index contributed by atoms with van der Waals surface area (Å²) in [6.07, 6.45) is 15.7. The van der Waals surface area contributed by atoms with Gasteiger partial charge in [0.05, 0.1) is 17.9 Å². The molecule has 1 atom stereocenters. The zero-order chi connectivity index (χ0) is 20.6. The van der Waals surface area contributed by atoms with E-state index in [4.69, 9.17) is 4.74 Å². The Kier molecular flexibility index (Phi) is 13.0. The average molecular weight is 392 g/mol. The minimum Gasteiger partial charge on any atom is -0.478 e. The number of ether oxygens (including phenoxy) is 1. The van der Waals surface area contributed by atoms with Crippen LogP contribution >= 0.6 is 0 Å². The lowest BCUT2D eigenvalue weighted by Crippen LogP contribution is -2.15. The number of unbranched alkanes of at least 4 members (excludes halogenated alkanes) is 10. The molecule has 0 aromatic carbocycles. The highest BCUT2D eigenvalue weighted by Gasteiger charge is 2.18. The molecule has 158 valence electrons. The lowest BCUT2D eigenvalue weighted by atomic mass is 10.0. The predicted molar refractivity (Wildman–Crippen MR) is 112 cm³/mol. The summed E-state index contributed by atoms with van der Waals surface area (Å²) in [4.78, 5) is 27.3. The van der Waals surface area contributed by atoms with Gasteiger partial charge in [0.2, 0.25) is 0 Å². The Balaban J connectivity index is 2.08. The van der Waals surface area contributed by atoms with Crippen molar-refractivity contribution < 1.29 is 19.4 Å². The second kappa shape index (κ2) is 15.1. The van der Waals surface area contributed by atoms with Gasteiger partial charge in [0.25, 0.3) is 0 Å². The van der Waals surface area contributed by atoms with Crippen LogP contribution in [-0.4, -0.2) is 28.6 Å². The van der Waals surface area contributed by atoms with E-state index in [1.54, 1.807) is 12.3 Å². The second-order valence-electron chi connectivity index (χ2n) is 7.61. The maximum Gasteiger partial charge on any atom is 0.337 e. The normalized spacial score (nSPS) is 11.9. The lowest BCUT2D eigenvalue weighted by molar-refractivity contribution is -0.144. The molecule has 0 aliphatic heterocycles. The van der Waals surface area contributed by atoms with E-state index in [0.717, 1.165) is 12.8 Å². The highest BCUT2D eigenvalue weighted by atomic mass is 16.5. The van der Waals surface area contributed by atoms with E-state index >= 15 is 0 Å². The molecule has 0 radical (unpaired) electrons. The standard InChI is InChI=1S/C23H37NO4/c1-3-4-5-6-7-8-9-10-11-12-13-16-21(25)28-18-19(2)22-20(23(26)27)15-14-17-24-22/h14-15,17,19H,3-13,16,18H2,1-2H3,(H,26,27). The lowest BCUT2D eigenvalue weighted by Gasteiger charge is -2.13. The highest BCUT2D eigenvalue weighted by molar-refractivity contribution is 5.89. The van der Waals surface area contributed by atoms with Crippen molar-refractivity contribution in [2.45, 2.75) is 96.8 Å². The van der Waals surface area contributed by atoms with E-state index in [9.17, 15) is 14.7 Å². The second-order valence-corrected chi connectivity index (χ2v) is 7.61. The van der Waals surface area contributed by atoms with Gasteiger partial charge in [-0.1, -0.05) is 78.1 Å². The number of hydrogen-bond acceptors (Lipinski definition) is 4. The molecule has 0 fully saturated rings. The number of carboxylic acids is 1. The number of hydrogen-bond donors (Lipinski definition) is 1. The van der Waals surface area contributed by atoms with Crippen LogP contribution in [-0.2, 0) is 9.53 Å². The molecule has 0 aliphatic carbocycles. The van der Waals surface area contributed by atoms with Gasteiger partial charge in [-0.3, -0.25) is 9.78 Å². The fourth-order valence-electron chi connectivity index (χ4n) is 3.29. The number of carbonyl (C=O) groups excluding carboxylic acids is 1. The van der Waals surface area contributed by atoms with Crippen LogP contribution in [0.2, 0.25) is 0 Å². The SMILES string of the molecule is CCCCCCCCCCCCCC(=O)OCC(C)c1ncccc1C(=O)O. The van der Waals surface area contributed by atoms with Crippen molar-refractivity contribution in [1.82, 2.24) is 4.98 Å². The summed E-state index contributed by atoms with van der Waals surface area (Å²) in [5.41, 5.74) is 0.619. The summed E-state index contributed by atoms with van der Waals surface area (Å²) < 4.78 is 5.31. The molecule has 0 saturated carbocycles. The molecule has 28 heavy (non-hydrogen) atoms. The van der Waals surface area contributed by atoms with Crippen LogP contribution in [0.3, 0.4) is 0 Å². The van der Waals surface area contributed by atoms with Crippen LogP contribution in [0.15, 0.2) is 18.3 Å². The zero-order valence-electron chi connectivity index (χ0n) is 17.6. The van der Waals surface area contributed by atoms with Crippen LogP contribution in [0.1, 0.15) is 113 Å². The van der Waals surface area contributed by atoms with Gasteiger partial charge in [0.1, 0.15) is 0 Å². The molecule has 0 bridgehead atoms. The first-order valence-corrected chi connectivity index (χ1v) is 10.9. The monoisotopic (exact) mass is 391 g/mol. The number of carboxylic acid groups (broad SMARTS) is 1. The maximum atomic E-state index is 11.9. The van der Waals surface area contributed by atoms with Crippen LogP contribution in [0.5, 0.6) is 0 Å². The van der Waals surface area contributed by atoms with E-state index in [0.29, 0.717) is 12.1 Å². The summed E-state index contributed by atoms with van der Waals surface area (Å²) in [6.45, 7) is 4.23. The van der Waals surface area contributed by atoms with E-state index in [2.05, 4.69) is 11.9 Å². The zero-order valence-corrected chi connectivity index (χ0v) is 17.6. The third-order valence-corrected chi connectivity index (χ3v) is 5.01. The number of aromatic carboxylic acids is 1. The molecular weight excluding hydrogens is 354 g/mol. The first-order valence-electron chi connectivity index (χ1n) is 10.9. The van der Waals surface area contributed by atoms with Gasteiger partial charge < -0.3 is 9.84 Å². The maximum absolute atomic E-state index is 11.9. The first kappa shape index (κ1) is 24.1. The van der Waals surface area contributed by atoms with Crippen LogP contribution < -0.4 is 0 Å². The van der Waals surface area contributed by atoms with Gasteiger partial charge in [-0.2, -0.15) is 0 Å². The molecule has 5 heteroatoms. The van der Waals surface area contributed by atoms with Gasteiger partial charge >= 0.3 is 11.9 Å². The molecule has 0 saturated heterocycles. The third kappa shape index (κ3) is 10.4. The summed E-state index contributed by atoms with van der Waals surface area (Å²) >= 11 is 0. The Labute approximate surface area is 169 Å². The number of nitrogens with zero attached hydrogens (tertiary/aromatic N) is 1. The molecule has 5 nitrogen and oxygen atoms in total. The molecule has 1 rings (SSSR count). The van der Waals surface area contributed by atoms with Crippen molar-refractivity contribution in [3.63, 3.8) is 0 Å². The summed E-state index contributed by atoms with van der Waals surface area (Å²) in [6, 6.07) is 3.12. The topological polar surface area (TPSA) is 76.5 Å². The summed E-state index contributed by atoms with van der Waals surface area (Å²) in [7, 11) is 0. The largest absolute Gasteiger partial charge is 0.478 e. The Bertz CT molecular complexity index is 573. The van der Waals surface area contributed by atoms with Crippen LogP contribution in [0.25, 0.3) is 0 Å². The fraction of sp³-hybridized carbons (Fsp3) is 0.696. The van der Waals surface area contributed by atoms with Crippen molar-refractivity contribution in [3.05, 3.63) is 29.6 Å². The Morgan fingerprint density at radius 1 is 1.00 bits per heavy atom. The minimum absolute atomic E-state index is 0.161. The predicted octanol–water partition coefficient (Wildman–Crippen LogP) is 6.13. The number of rotatable bonds is 16. The molecule has 0 aliphatic rings. The minimum atomic E-state index is -1.01. The number of carbonyl (C=O) groups is 2. The molecule has 1 aromatic heterocycles. The number of esters is 1. The van der Waals surface area contributed by atoms with Crippen molar-refractivity contribution in [3.8, 4) is 0 Å². The van der Waals surface area contributed by atoms with Gasteiger partial charge in [-0.05, 0) is 18.6 Å². The van der Waals surface area contributed by atoms with E-state index in [1.165, 1.54) is 63.9 Å². The Morgan fingerprint density at radius 3 is 2.14 bits per heavy atom. The van der Waals surface area contributed by atoms with Gasteiger partial charge in [0, 0.05) is 18.5 Å². The molecule has 1 aromatic rings. The van der Waals surface area contributed by atoms with Crippen molar-refractivity contribution in [2.24, 2.45) is 0 Å². The third-order valence-electron chi connectivity index (χ3n) is 5.01.